The highest BCUT2D eigenvalue weighted by Gasteiger charge is 2.23. The molecule has 110 valence electrons. The number of thiophene rings is 1. The standard InChI is InChI=1S/C17H26N2S/c1-14(2)12-19(15-6-3-4-7-15)13-17-10-9-16(20-17)8-5-11-18/h9-10,14-15H,3-4,6-7,11-13,18H2,1-2H3. The maximum Gasteiger partial charge on any atom is 0.0772 e. The summed E-state index contributed by atoms with van der Waals surface area (Å²) in [5, 5.41) is 0. The summed E-state index contributed by atoms with van der Waals surface area (Å²) in [5.74, 6) is 6.80. The second-order valence-electron chi connectivity index (χ2n) is 6.03. The summed E-state index contributed by atoms with van der Waals surface area (Å²) in [7, 11) is 0. The molecule has 0 radical (unpaired) electrons. The van der Waals surface area contributed by atoms with Crippen LogP contribution in [0.3, 0.4) is 0 Å². The zero-order valence-electron chi connectivity index (χ0n) is 12.7. The van der Waals surface area contributed by atoms with E-state index in [1.165, 1.54) is 37.1 Å². The molecule has 20 heavy (non-hydrogen) atoms. The van der Waals surface area contributed by atoms with E-state index < -0.39 is 0 Å². The quantitative estimate of drug-likeness (QED) is 0.842. The molecule has 0 aliphatic heterocycles. The van der Waals surface area contributed by atoms with Crippen molar-refractivity contribution in [2.24, 2.45) is 11.7 Å². The van der Waals surface area contributed by atoms with Gasteiger partial charge in [-0.05, 0) is 30.9 Å². The Hall–Kier alpha value is -0.820. The van der Waals surface area contributed by atoms with Gasteiger partial charge in [-0.2, -0.15) is 0 Å². The van der Waals surface area contributed by atoms with Crippen LogP contribution in [0.5, 0.6) is 0 Å². The molecular formula is C17H26N2S. The fourth-order valence-corrected chi connectivity index (χ4v) is 3.86. The molecule has 0 unspecified atom stereocenters. The SMILES string of the molecule is CC(C)CN(Cc1ccc(C#CCN)s1)C1CCCC1. The zero-order chi connectivity index (χ0) is 14.4. The minimum Gasteiger partial charge on any atom is -0.320 e. The molecule has 1 aliphatic carbocycles. The highest BCUT2D eigenvalue weighted by molar-refractivity contribution is 7.12. The Kier molecular flexibility index (Phi) is 6.09. The predicted molar refractivity (Wildman–Crippen MR) is 87.8 cm³/mol. The lowest BCUT2D eigenvalue weighted by atomic mass is 10.1. The fourth-order valence-electron chi connectivity index (χ4n) is 2.95. The molecule has 1 heterocycles. The third-order valence-corrected chi connectivity index (χ3v) is 4.76. The third kappa shape index (κ3) is 4.63. The zero-order valence-corrected chi connectivity index (χ0v) is 13.5. The average Bonchev–Trinajstić information content (AvgIpc) is 3.06. The largest absolute Gasteiger partial charge is 0.320 e. The van der Waals surface area contributed by atoms with Crippen LogP contribution in [-0.2, 0) is 6.54 Å². The summed E-state index contributed by atoms with van der Waals surface area (Å²) in [6.07, 6.45) is 5.55. The summed E-state index contributed by atoms with van der Waals surface area (Å²) < 4.78 is 0. The lowest BCUT2D eigenvalue weighted by Crippen LogP contribution is -2.35. The van der Waals surface area contributed by atoms with Gasteiger partial charge in [0.05, 0.1) is 11.4 Å². The molecule has 3 heteroatoms. The topological polar surface area (TPSA) is 29.3 Å². The lowest BCUT2D eigenvalue weighted by molar-refractivity contribution is 0.170. The maximum atomic E-state index is 5.42. The van der Waals surface area contributed by atoms with Gasteiger partial charge in [-0.1, -0.05) is 38.5 Å². The van der Waals surface area contributed by atoms with Gasteiger partial charge in [0, 0.05) is 24.0 Å². The second-order valence-corrected chi connectivity index (χ2v) is 7.20. The van der Waals surface area contributed by atoms with Gasteiger partial charge in [0.25, 0.3) is 0 Å². The number of nitrogens with two attached hydrogens (primary N) is 1. The molecule has 1 aromatic rings. The van der Waals surface area contributed by atoms with Gasteiger partial charge >= 0.3 is 0 Å². The van der Waals surface area contributed by atoms with Crippen LogP contribution < -0.4 is 5.73 Å². The van der Waals surface area contributed by atoms with E-state index in [1.54, 1.807) is 0 Å². The van der Waals surface area contributed by atoms with Crippen molar-refractivity contribution >= 4 is 11.3 Å². The monoisotopic (exact) mass is 290 g/mol. The molecule has 0 amide bonds. The van der Waals surface area contributed by atoms with Crippen LogP contribution in [0.1, 0.15) is 49.3 Å². The third-order valence-electron chi connectivity index (χ3n) is 3.77. The van der Waals surface area contributed by atoms with Gasteiger partial charge in [0.2, 0.25) is 0 Å². The minimum absolute atomic E-state index is 0.439. The van der Waals surface area contributed by atoms with Gasteiger partial charge in [-0.25, -0.2) is 0 Å². The van der Waals surface area contributed by atoms with E-state index in [1.807, 2.05) is 11.3 Å². The van der Waals surface area contributed by atoms with Gasteiger partial charge in [-0.3, -0.25) is 4.90 Å². The first kappa shape index (κ1) is 15.6. The molecule has 2 rings (SSSR count). The minimum atomic E-state index is 0.439. The predicted octanol–water partition coefficient (Wildman–Crippen LogP) is 3.46. The molecule has 2 N–H and O–H groups in total. The van der Waals surface area contributed by atoms with E-state index in [-0.39, 0.29) is 0 Å². The van der Waals surface area contributed by atoms with Crippen molar-refractivity contribution in [3.8, 4) is 11.8 Å². The Bertz CT molecular complexity index is 461. The first-order valence-corrected chi connectivity index (χ1v) is 8.52. The van der Waals surface area contributed by atoms with Crippen molar-refractivity contribution in [2.45, 2.75) is 52.1 Å². The molecule has 1 saturated carbocycles. The molecule has 0 bridgehead atoms. The van der Waals surface area contributed by atoms with Gasteiger partial charge in [0.1, 0.15) is 0 Å². The highest BCUT2D eigenvalue weighted by atomic mass is 32.1. The summed E-state index contributed by atoms with van der Waals surface area (Å²) in [6, 6.07) is 5.15. The van der Waals surface area contributed by atoms with Crippen LogP contribution in [0, 0.1) is 17.8 Å². The van der Waals surface area contributed by atoms with E-state index in [0.717, 1.165) is 23.4 Å². The molecule has 0 spiro atoms. The van der Waals surface area contributed by atoms with Gasteiger partial charge in [0.15, 0.2) is 0 Å². The van der Waals surface area contributed by atoms with Gasteiger partial charge in [-0.15, -0.1) is 11.3 Å². The van der Waals surface area contributed by atoms with Crippen molar-refractivity contribution in [1.82, 2.24) is 4.90 Å². The van der Waals surface area contributed by atoms with Crippen molar-refractivity contribution in [3.63, 3.8) is 0 Å². The number of rotatable bonds is 5. The normalized spacial score (nSPS) is 15.8. The summed E-state index contributed by atoms with van der Waals surface area (Å²) in [5.41, 5.74) is 5.42. The Morgan fingerprint density at radius 3 is 2.75 bits per heavy atom. The van der Waals surface area contributed by atoms with Crippen LogP contribution >= 0.6 is 11.3 Å². The Morgan fingerprint density at radius 2 is 2.10 bits per heavy atom. The Balaban J connectivity index is 2.00. The molecule has 0 atom stereocenters. The fraction of sp³-hybridized carbons (Fsp3) is 0.647. The van der Waals surface area contributed by atoms with E-state index >= 15 is 0 Å². The highest BCUT2D eigenvalue weighted by Crippen LogP contribution is 2.27. The van der Waals surface area contributed by atoms with E-state index in [9.17, 15) is 0 Å². The van der Waals surface area contributed by atoms with Crippen molar-refractivity contribution in [3.05, 3.63) is 21.9 Å². The summed E-state index contributed by atoms with van der Waals surface area (Å²) in [6.45, 7) is 7.35. The van der Waals surface area contributed by atoms with E-state index in [0.29, 0.717) is 6.54 Å². The van der Waals surface area contributed by atoms with Crippen molar-refractivity contribution in [1.29, 1.82) is 0 Å². The van der Waals surface area contributed by atoms with E-state index in [4.69, 9.17) is 5.73 Å². The Morgan fingerprint density at radius 1 is 1.35 bits per heavy atom. The molecule has 0 aromatic carbocycles. The van der Waals surface area contributed by atoms with Crippen LogP contribution in [0.25, 0.3) is 0 Å². The van der Waals surface area contributed by atoms with Crippen LogP contribution in [0.15, 0.2) is 12.1 Å². The van der Waals surface area contributed by atoms with Gasteiger partial charge < -0.3 is 5.73 Å². The number of nitrogens with zero attached hydrogens (tertiary/aromatic N) is 1. The van der Waals surface area contributed by atoms with Crippen LogP contribution in [-0.4, -0.2) is 24.0 Å². The smallest absolute Gasteiger partial charge is 0.0772 e. The van der Waals surface area contributed by atoms with Crippen LogP contribution in [0.2, 0.25) is 0 Å². The Labute approximate surface area is 127 Å². The molecule has 2 nitrogen and oxygen atoms in total. The van der Waals surface area contributed by atoms with Crippen LogP contribution in [0.4, 0.5) is 0 Å². The maximum absolute atomic E-state index is 5.42. The molecular weight excluding hydrogens is 264 g/mol. The molecule has 1 fully saturated rings. The van der Waals surface area contributed by atoms with Crippen molar-refractivity contribution < 1.29 is 0 Å². The number of hydrogen-bond acceptors (Lipinski definition) is 3. The first-order valence-electron chi connectivity index (χ1n) is 7.70. The number of hydrogen-bond donors (Lipinski definition) is 1. The summed E-state index contributed by atoms with van der Waals surface area (Å²) in [4.78, 5) is 5.25. The summed E-state index contributed by atoms with van der Waals surface area (Å²) >= 11 is 1.82. The van der Waals surface area contributed by atoms with E-state index in [2.05, 4.69) is 42.7 Å². The molecule has 1 aromatic heterocycles. The lowest BCUT2D eigenvalue weighted by Gasteiger charge is -2.29. The van der Waals surface area contributed by atoms with Crippen molar-refractivity contribution in [2.75, 3.05) is 13.1 Å². The molecule has 0 saturated heterocycles. The average molecular weight is 290 g/mol. The second kappa shape index (κ2) is 7.83. The first-order chi connectivity index (χ1) is 9.69. The molecule has 1 aliphatic rings.